The van der Waals surface area contributed by atoms with Gasteiger partial charge in [0.15, 0.2) is 5.78 Å². The van der Waals surface area contributed by atoms with Crippen LogP contribution in [0.15, 0.2) is 23.1 Å². The van der Waals surface area contributed by atoms with Crippen LogP contribution in [-0.2, 0) is 14.3 Å². The lowest BCUT2D eigenvalue weighted by Gasteiger charge is -2.20. The van der Waals surface area contributed by atoms with E-state index in [0.29, 0.717) is 4.90 Å². The zero-order valence-corrected chi connectivity index (χ0v) is 11.0. The maximum atomic E-state index is 13.1. The quantitative estimate of drug-likeness (QED) is 0.481. The van der Waals surface area contributed by atoms with Gasteiger partial charge >= 0.3 is 5.97 Å². The summed E-state index contributed by atoms with van der Waals surface area (Å²) in [6, 6.07) is 3.85. The minimum Gasteiger partial charge on any atom is -0.460 e. The van der Waals surface area contributed by atoms with E-state index >= 15 is 0 Å². The second-order valence-electron chi connectivity index (χ2n) is 3.95. The molecule has 0 aromatic heterocycles. The summed E-state index contributed by atoms with van der Waals surface area (Å²) in [5, 5.41) is 0. The van der Waals surface area contributed by atoms with E-state index in [1.165, 1.54) is 23.9 Å². The second-order valence-corrected chi connectivity index (χ2v) is 5.01. The van der Waals surface area contributed by atoms with Crippen LogP contribution in [0.25, 0.3) is 0 Å². The summed E-state index contributed by atoms with van der Waals surface area (Å²) in [7, 11) is 0. The van der Waals surface area contributed by atoms with Crippen molar-refractivity contribution in [3.63, 3.8) is 0 Å². The molecular weight excluding hydrogens is 271 g/mol. The van der Waals surface area contributed by atoms with Crippen molar-refractivity contribution < 1.29 is 23.5 Å². The van der Waals surface area contributed by atoms with Gasteiger partial charge in [0, 0.05) is 16.2 Å². The smallest absolute Gasteiger partial charge is 0.375 e. The van der Waals surface area contributed by atoms with Crippen molar-refractivity contribution >= 4 is 29.3 Å². The normalized spacial score (nSPS) is 17.8. The van der Waals surface area contributed by atoms with E-state index in [9.17, 15) is 18.8 Å². The van der Waals surface area contributed by atoms with Crippen LogP contribution in [0.4, 0.5) is 4.39 Å². The minimum absolute atomic E-state index is 0.0733. The Labute approximate surface area is 113 Å². The van der Waals surface area contributed by atoms with Gasteiger partial charge in [-0.3, -0.25) is 9.59 Å². The molecule has 1 aliphatic heterocycles. The molecule has 0 bridgehead atoms. The Morgan fingerprint density at radius 1 is 1.47 bits per heavy atom. The average molecular weight is 282 g/mol. The molecule has 1 aromatic rings. The summed E-state index contributed by atoms with van der Waals surface area (Å²) in [4.78, 5) is 35.9. The monoisotopic (exact) mass is 282 g/mol. The SMILES string of the molecule is CCOC(=O)C(=O)C1CSc2ccc(F)cc2C1=O. The molecule has 0 radical (unpaired) electrons. The van der Waals surface area contributed by atoms with Crippen molar-refractivity contribution in [2.24, 2.45) is 5.92 Å². The Balaban J connectivity index is 2.26. The first-order chi connectivity index (χ1) is 9.04. The van der Waals surface area contributed by atoms with E-state index in [-0.39, 0.29) is 17.9 Å². The Bertz CT molecular complexity index is 556. The second kappa shape index (κ2) is 5.52. The molecule has 0 spiro atoms. The summed E-state index contributed by atoms with van der Waals surface area (Å²) < 4.78 is 17.7. The van der Waals surface area contributed by atoms with E-state index in [4.69, 9.17) is 0 Å². The molecule has 100 valence electrons. The number of carbonyl (C=O) groups excluding carboxylic acids is 3. The highest BCUT2D eigenvalue weighted by Gasteiger charge is 2.37. The number of ether oxygens (including phenoxy) is 1. The molecule has 1 aromatic carbocycles. The van der Waals surface area contributed by atoms with Crippen LogP contribution < -0.4 is 0 Å². The molecule has 4 nitrogen and oxygen atoms in total. The predicted molar refractivity (Wildman–Crippen MR) is 66.6 cm³/mol. The van der Waals surface area contributed by atoms with Gasteiger partial charge in [-0.1, -0.05) is 0 Å². The third-order valence-electron chi connectivity index (χ3n) is 2.72. The molecule has 0 saturated heterocycles. The highest BCUT2D eigenvalue weighted by Crippen LogP contribution is 2.33. The Hall–Kier alpha value is -1.69. The van der Waals surface area contributed by atoms with Crippen LogP contribution in [-0.4, -0.2) is 29.9 Å². The maximum Gasteiger partial charge on any atom is 0.375 e. The van der Waals surface area contributed by atoms with Crippen molar-refractivity contribution in [1.82, 2.24) is 0 Å². The van der Waals surface area contributed by atoms with Crippen molar-refractivity contribution in [2.75, 3.05) is 12.4 Å². The van der Waals surface area contributed by atoms with Crippen LogP contribution >= 0.6 is 11.8 Å². The molecule has 19 heavy (non-hydrogen) atoms. The number of halogens is 1. The Morgan fingerprint density at radius 3 is 2.89 bits per heavy atom. The number of hydrogen-bond donors (Lipinski definition) is 0. The lowest BCUT2D eigenvalue weighted by Crippen LogP contribution is -2.35. The number of thioether (sulfide) groups is 1. The standard InChI is InChI=1S/C13H11FO4S/c1-2-18-13(17)12(16)9-6-19-10-4-3-7(14)5-8(10)11(9)15/h3-5,9H,2,6H2,1H3. The molecule has 0 saturated carbocycles. The highest BCUT2D eigenvalue weighted by molar-refractivity contribution is 7.99. The zero-order chi connectivity index (χ0) is 14.0. The number of hydrogen-bond acceptors (Lipinski definition) is 5. The highest BCUT2D eigenvalue weighted by atomic mass is 32.2. The molecule has 0 N–H and O–H groups in total. The first kappa shape index (κ1) is 13.7. The third kappa shape index (κ3) is 2.68. The van der Waals surface area contributed by atoms with Gasteiger partial charge in [-0.05, 0) is 25.1 Å². The predicted octanol–water partition coefficient (Wildman–Crippen LogP) is 1.86. The fourth-order valence-electron chi connectivity index (χ4n) is 1.80. The molecular formula is C13H11FO4S. The summed E-state index contributed by atoms with van der Waals surface area (Å²) >= 11 is 1.26. The molecule has 1 aliphatic rings. The molecule has 2 rings (SSSR count). The van der Waals surface area contributed by atoms with Crippen molar-refractivity contribution in [1.29, 1.82) is 0 Å². The van der Waals surface area contributed by atoms with Gasteiger partial charge in [-0.15, -0.1) is 11.8 Å². The van der Waals surface area contributed by atoms with Gasteiger partial charge < -0.3 is 4.74 Å². The Morgan fingerprint density at radius 2 is 2.21 bits per heavy atom. The lowest BCUT2D eigenvalue weighted by molar-refractivity contribution is -0.154. The number of ketones is 2. The summed E-state index contributed by atoms with van der Waals surface area (Å²) in [6.45, 7) is 1.65. The van der Waals surface area contributed by atoms with Crippen LogP contribution in [0.1, 0.15) is 17.3 Å². The van der Waals surface area contributed by atoms with E-state index < -0.39 is 29.3 Å². The van der Waals surface area contributed by atoms with E-state index in [2.05, 4.69) is 4.74 Å². The van der Waals surface area contributed by atoms with Gasteiger partial charge in [0.2, 0.25) is 0 Å². The molecule has 1 atom stereocenters. The van der Waals surface area contributed by atoms with Crippen LogP contribution in [0.2, 0.25) is 0 Å². The zero-order valence-electron chi connectivity index (χ0n) is 10.1. The first-order valence-electron chi connectivity index (χ1n) is 5.72. The van der Waals surface area contributed by atoms with Crippen molar-refractivity contribution in [2.45, 2.75) is 11.8 Å². The van der Waals surface area contributed by atoms with Crippen molar-refractivity contribution in [3.05, 3.63) is 29.6 Å². The van der Waals surface area contributed by atoms with Gasteiger partial charge in [-0.25, -0.2) is 9.18 Å². The fraction of sp³-hybridized carbons (Fsp3) is 0.308. The minimum atomic E-state index is -1.08. The number of esters is 1. The maximum absolute atomic E-state index is 13.1. The van der Waals surface area contributed by atoms with Gasteiger partial charge in [0.25, 0.3) is 5.78 Å². The van der Waals surface area contributed by atoms with Gasteiger partial charge in [0.1, 0.15) is 11.7 Å². The Kier molecular flexibility index (Phi) is 3.99. The number of benzene rings is 1. The average Bonchev–Trinajstić information content (AvgIpc) is 2.39. The van der Waals surface area contributed by atoms with Crippen LogP contribution in [0.3, 0.4) is 0 Å². The lowest BCUT2D eigenvalue weighted by atomic mass is 9.94. The molecule has 1 unspecified atom stereocenters. The van der Waals surface area contributed by atoms with Gasteiger partial charge in [-0.2, -0.15) is 0 Å². The largest absolute Gasteiger partial charge is 0.460 e. The molecule has 0 aliphatic carbocycles. The molecule has 6 heteroatoms. The third-order valence-corrected chi connectivity index (χ3v) is 3.89. The van der Waals surface area contributed by atoms with Gasteiger partial charge in [0.05, 0.1) is 6.61 Å². The van der Waals surface area contributed by atoms with Crippen LogP contribution in [0.5, 0.6) is 0 Å². The van der Waals surface area contributed by atoms with E-state index in [1.54, 1.807) is 6.92 Å². The first-order valence-corrected chi connectivity index (χ1v) is 6.70. The number of rotatable bonds is 3. The van der Waals surface area contributed by atoms with Crippen molar-refractivity contribution in [3.8, 4) is 0 Å². The molecule has 0 fully saturated rings. The van der Waals surface area contributed by atoms with E-state index in [0.717, 1.165) is 6.07 Å². The fourth-order valence-corrected chi connectivity index (χ4v) is 2.92. The summed E-state index contributed by atoms with van der Waals surface area (Å²) in [6.07, 6.45) is 0. The summed E-state index contributed by atoms with van der Waals surface area (Å²) in [5.74, 6) is -3.85. The molecule has 1 heterocycles. The van der Waals surface area contributed by atoms with Crippen LogP contribution in [0, 0.1) is 11.7 Å². The summed E-state index contributed by atoms with van der Waals surface area (Å²) in [5.41, 5.74) is 0.152. The number of carbonyl (C=O) groups is 3. The number of fused-ring (bicyclic) bond motifs is 1. The molecule has 0 amide bonds. The van der Waals surface area contributed by atoms with E-state index in [1.807, 2.05) is 0 Å². The number of Topliss-reactive ketones (excluding diaryl/α,β-unsaturated/α-hetero) is 2. The topological polar surface area (TPSA) is 60.4 Å².